The van der Waals surface area contributed by atoms with Crippen molar-refractivity contribution < 1.29 is 19.1 Å². The third-order valence-electron chi connectivity index (χ3n) is 3.65. The number of hydrogen-bond acceptors (Lipinski definition) is 4. The zero-order chi connectivity index (χ0) is 18.8. The van der Waals surface area contributed by atoms with E-state index < -0.39 is 5.97 Å². The lowest BCUT2D eigenvalue weighted by Gasteiger charge is -2.05. The minimum atomic E-state index is -0.412. The summed E-state index contributed by atoms with van der Waals surface area (Å²) in [6.45, 7) is 2.83. The first-order valence-electron chi connectivity index (χ1n) is 8.52. The molecule has 1 amide bonds. The van der Waals surface area contributed by atoms with Crippen LogP contribution in [0.15, 0.2) is 54.6 Å². The average Bonchev–Trinajstić information content (AvgIpc) is 2.67. The van der Waals surface area contributed by atoms with E-state index in [-0.39, 0.29) is 5.91 Å². The zero-order valence-electron chi connectivity index (χ0n) is 15.0. The molecule has 5 heteroatoms. The van der Waals surface area contributed by atoms with E-state index in [0.717, 1.165) is 24.2 Å². The van der Waals surface area contributed by atoms with E-state index in [0.29, 0.717) is 17.9 Å². The van der Waals surface area contributed by atoms with Crippen molar-refractivity contribution in [1.29, 1.82) is 0 Å². The number of methoxy groups -OCH3 is 1. The Kier molecular flexibility index (Phi) is 7.43. The molecule has 2 rings (SSSR count). The highest BCUT2D eigenvalue weighted by Crippen LogP contribution is 2.14. The van der Waals surface area contributed by atoms with Crippen LogP contribution in [0, 0.1) is 0 Å². The van der Waals surface area contributed by atoms with Crippen LogP contribution in [-0.2, 0) is 9.53 Å². The highest BCUT2D eigenvalue weighted by molar-refractivity contribution is 6.02. The Morgan fingerprint density at radius 3 is 2.35 bits per heavy atom. The Morgan fingerprint density at radius 2 is 1.73 bits per heavy atom. The number of ether oxygens (including phenoxy) is 2. The van der Waals surface area contributed by atoms with Gasteiger partial charge in [0.05, 0.1) is 19.3 Å². The average molecular weight is 353 g/mol. The molecule has 2 aromatic rings. The summed E-state index contributed by atoms with van der Waals surface area (Å²) in [5.41, 5.74) is 1.94. The van der Waals surface area contributed by atoms with Gasteiger partial charge in [0, 0.05) is 11.8 Å². The molecule has 0 aliphatic rings. The summed E-state index contributed by atoms with van der Waals surface area (Å²) in [5, 5.41) is 2.74. The predicted molar refractivity (Wildman–Crippen MR) is 102 cm³/mol. The van der Waals surface area contributed by atoms with Crippen LogP contribution in [0.5, 0.6) is 5.75 Å². The van der Waals surface area contributed by atoms with Gasteiger partial charge in [-0.25, -0.2) is 4.79 Å². The first-order chi connectivity index (χ1) is 12.6. The molecule has 5 nitrogen and oxygen atoms in total. The normalized spacial score (nSPS) is 10.5. The van der Waals surface area contributed by atoms with Crippen LogP contribution >= 0.6 is 0 Å². The fraction of sp³-hybridized carbons (Fsp3) is 0.238. The van der Waals surface area contributed by atoms with Crippen LogP contribution < -0.4 is 10.1 Å². The Bertz CT molecular complexity index is 749. The molecule has 0 heterocycles. The molecule has 0 atom stereocenters. The number of rotatable bonds is 8. The third-order valence-corrected chi connectivity index (χ3v) is 3.65. The minimum Gasteiger partial charge on any atom is -0.494 e. The van der Waals surface area contributed by atoms with Gasteiger partial charge in [-0.15, -0.1) is 0 Å². The van der Waals surface area contributed by atoms with E-state index >= 15 is 0 Å². The summed E-state index contributed by atoms with van der Waals surface area (Å²) in [5.74, 6) is 0.162. The molecule has 0 radical (unpaired) electrons. The quantitative estimate of drug-likeness (QED) is 0.436. The first kappa shape index (κ1) is 19.2. The van der Waals surface area contributed by atoms with Crippen LogP contribution in [0.3, 0.4) is 0 Å². The Morgan fingerprint density at radius 1 is 1.04 bits per heavy atom. The fourth-order valence-corrected chi connectivity index (χ4v) is 2.17. The number of unbranched alkanes of at least 4 members (excludes halogenated alkanes) is 1. The molecule has 1 N–H and O–H groups in total. The van der Waals surface area contributed by atoms with E-state index in [1.165, 1.54) is 13.2 Å². The summed E-state index contributed by atoms with van der Waals surface area (Å²) >= 11 is 0. The second-order valence-corrected chi connectivity index (χ2v) is 5.66. The molecule has 0 aliphatic heterocycles. The molecule has 2 aromatic carbocycles. The van der Waals surface area contributed by atoms with Crippen molar-refractivity contribution in [2.24, 2.45) is 0 Å². The van der Waals surface area contributed by atoms with Crippen LogP contribution in [0.4, 0.5) is 5.69 Å². The van der Waals surface area contributed by atoms with Crippen molar-refractivity contribution >= 4 is 23.6 Å². The maximum absolute atomic E-state index is 12.0. The predicted octanol–water partition coefficient (Wildman–Crippen LogP) is 4.30. The van der Waals surface area contributed by atoms with E-state index in [9.17, 15) is 9.59 Å². The monoisotopic (exact) mass is 353 g/mol. The lowest BCUT2D eigenvalue weighted by atomic mass is 10.2. The molecule has 0 fully saturated rings. The number of amides is 1. The zero-order valence-corrected chi connectivity index (χ0v) is 15.0. The van der Waals surface area contributed by atoms with Crippen LogP contribution in [0.1, 0.15) is 35.7 Å². The van der Waals surface area contributed by atoms with Gasteiger partial charge in [-0.1, -0.05) is 25.5 Å². The van der Waals surface area contributed by atoms with Crippen LogP contribution in [-0.4, -0.2) is 25.6 Å². The van der Waals surface area contributed by atoms with E-state index in [4.69, 9.17) is 4.74 Å². The van der Waals surface area contributed by atoms with Crippen molar-refractivity contribution in [2.45, 2.75) is 19.8 Å². The molecule has 0 spiro atoms. The van der Waals surface area contributed by atoms with Crippen molar-refractivity contribution in [2.75, 3.05) is 19.0 Å². The van der Waals surface area contributed by atoms with Crippen LogP contribution in [0.2, 0.25) is 0 Å². The second kappa shape index (κ2) is 10.0. The number of anilines is 1. The van der Waals surface area contributed by atoms with E-state index in [1.54, 1.807) is 30.3 Å². The first-order valence-corrected chi connectivity index (χ1v) is 8.52. The second-order valence-electron chi connectivity index (χ2n) is 5.66. The minimum absolute atomic E-state index is 0.251. The maximum Gasteiger partial charge on any atom is 0.337 e. The van der Waals surface area contributed by atoms with Crippen molar-refractivity contribution in [3.8, 4) is 5.75 Å². The molecule has 0 bridgehead atoms. The van der Waals surface area contributed by atoms with Gasteiger partial charge in [0.15, 0.2) is 0 Å². The Hall–Kier alpha value is -3.08. The molecule has 0 saturated carbocycles. The van der Waals surface area contributed by atoms with Gasteiger partial charge in [-0.3, -0.25) is 4.79 Å². The van der Waals surface area contributed by atoms with E-state index in [2.05, 4.69) is 17.0 Å². The highest BCUT2D eigenvalue weighted by Gasteiger charge is 2.05. The Labute approximate surface area is 153 Å². The molecule has 0 aliphatic carbocycles. The number of nitrogens with one attached hydrogen (secondary N) is 1. The molecule has 26 heavy (non-hydrogen) atoms. The topological polar surface area (TPSA) is 64.6 Å². The SMILES string of the molecule is CCCCOc1ccc(/C=C/C(=O)Nc2ccc(C(=O)OC)cc2)cc1. The van der Waals surface area contributed by atoms with Gasteiger partial charge in [0.2, 0.25) is 5.91 Å². The molecule has 0 saturated heterocycles. The van der Waals surface area contributed by atoms with Crippen molar-refractivity contribution in [3.63, 3.8) is 0 Å². The number of carbonyl (C=O) groups excluding carboxylic acids is 2. The number of hydrogen-bond donors (Lipinski definition) is 1. The van der Waals surface area contributed by atoms with Gasteiger partial charge in [-0.05, 0) is 54.5 Å². The molecule has 0 unspecified atom stereocenters. The summed E-state index contributed by atoms with van der Waals surface area (Å²) < 4.78 is 10.2. The largest absolute Gasteiger partial charge is 0.494 e. The molecule has 136 valence electrons. The molecular formula is C21H23NO4. The van der Waals surface area contributed by atoms with Gasteiger partial charge in [0.1, 0.15) is 5.75 Å². The lowest BCUT2D eigenvalue weighted by Crippen LogP contribution is -2.08. The van der Waals surface area contributed by atoms with Gasteiger partial charge < -0.3 is 14.8 Å². The lowest BCUT2D eigenvalue weighted by molar-refractivity contribution is -0.111. The Balaban J connectivity index is 1.87. The number of benzene rings is 2. The van der Waals surface area contributed by atoms with Gasteiger partial charge in [-0.2, -0.15) is 0 Å². The van der Waals surface area contributed by atoms with E-state index in [1.807, 2.05) is 24.3 Å². The van der Waals surface area contributed by atoms with Gasteiger partial charge >= 0.3 is 5.97 Å². The number of esters is 1. The maximum atomic E-state index is 12.0. The highest BCUT2D eigenvalue weighted by atomic mass is 16.5. The summed E-state index contributed by atoms with van der Waals surface area (Å²) in [7, 11) is 1.33. The summed E-state index contributed by atoms with van der Waals surface area (Å²) in [6.07, 6.45) is 5.32. The third kappa shape index (κ3) is 6.09. The molecule has 0 aromatic heterocycles. The molecular weight excluding hydrogens is 330 g/mol. The van der Waals surface area contributed by atoms with Gasteiger partial charge in [0.25, 0.3) is 0 Å². The standard InChI is InChI=1S/C21H23NO4/c1-3-4-15-26-19-12-5-16(6-13-19)7-14-20(23)22-18-10-8-17(9-11-18)21(24)25-2/h5-14H,3-4,15H2,1-2H3,(H,22,23)/b14-7+. The fourth-order valence-electron chi connectivity index (χ4n) is 2.17. The smallest absolute Gasteiger partial charge is 0.337 e. The summed E-state index contributed by atoms with van der Waals surface area (Å²) in [6, 6.07) is 14.1. The summed E-state index contributed by atoms with van der Waals surface area (Å²) in [4.78, 5) is 23.4. The van der Waals surface area contributed by atoms with Crippen molar-refractivity contribution in [3.05, 3.63) is 65.7 Å². The number of carbonyl (C=O) groups is 2. The van der Waals surface area contributed by atoms with Crippen LogP contribution in [0.25, 0.3) is 6.08 Å². The van der Waals surface area contributed by atoms with Crippen molar-refractivity contribution in [1.82, 2.24) is 0 Å².